The Morgan fingerprint density at radius 3 is 2.33 bits per heavy atom. The highest BCUT2D eigenvalue weighted by atomic mass is 32.2. The molecule has 1 aromatic carbocycles. The summed E-state index contributed by atoms with van der Waals surface area (Å²) in [6.45, 7) is 5.56. The molecule has 0 bridgehead atoms. The summed E-state index contributed by atoms with van der Waals surface area (Å²) in [7, 11) is -3.56. The third kappa shape index (κ3) is 4.50. The van der Waals surface area contributed by atoms with Gasteiger partial charge < -0.3 is 5.32 Å². The standard InChI is InChI=1S/C18H28N2O3S/c1-13-10-11-17(12-14(13)2)20(24(4,22)23)15(3)18(21)19-16-8-6-5-7-9-16/h10-12,15-16H,5-9H2,1-4H3,(H,19,21)/t15-/m0/s1. The fourth-order valence-corrected chi connectivity index (χ4v) is 4.41. The second-order valence-corrected chi connectivity index (χ2v) is 8.71. The van der Waals surface area contributed by atoms with E-state index in [2.05, 4.69) is 5.32 Å². The first-order valence-corrected chi connectivity index (χ1v) is 10.4. The van der Waals surface area contributed by atoms with Crippen molar-refractivity contribution in [1.82, 2.24) is 5.32 Å². The summed E-state index contributed by atoms with van der Waals surface area (Å²) < 4.78 is 25.8. The molecule has 2 rings (SSSR count). The van der Waals surface area contributed by atoms with E-state index in [1.54, 1.807) is 13.0 Å². The number of sulfonamides is 1. The predicted octanol–water partition coefficient (Wildman–Crippen LogP) is 2.91. The zero-order valence-electron chi connectivity index (χ0n) is 15.0. The summed E-state index contributed by atoms with van der Waals surface area (Å²) in [6, 6.07) is 4.85. The summed E-state index contributed by atoms with van der Waals surface area (Å²) in [5.41, 5.74) is 2.62. The zero-order chi connectivity index (χ0) is 17.9. The van der Waals surface area contributed by atoms with Gasteiger partial charge in [-0.2, -0.15) is 0 Å². The number of nitrogens with zero attached hydrogens (tertiary/aromatic N) is 1. The van der Waals surface area contributed by atoms with Crippen LogP contribution in [-0.4, -0.2) is 32.7 Å². The van der Waals surface area contributed by atoms with Crippen LogP contribution in [0.4, 0.5) is 5.69 Å². The highest BCUT2D eigenvalue weighted by molar-refractivity contribution is 7.92. The Morgan fingerprint density at radius 2 is 1.79 bits per heavy atom. The van der Waals surface area contributed by atoms with Gasteiger partial charge in [-0.25, -0.2) is 8.42 Å². The average molecular weight is 353 g/mol. The van der Waals surface area contributed by atoms with Gasteiger partial charge in [0.1, 0.15) is 6.04 Å². The number of anilines is 1. The molecule has 0 spiro atoms. The van der Waals surface area contributed by atoms with E-state index in [1.807, 2.05) is 26.0 Å². The van der Waals surface area contributed by atoms with Gasteiger partial charge in [-0.05, 0) is 56.9 Å². The van der Waals surface area contributed by atoms with Crippen LogP contribution in [0.1, 0.15) is 50.2 Å². The first-order chi connectivity index (χ1) is 11.2. The summed E-state index contributed by atoms with van der Waals surface area (Å²) in [4.78, 5) is 12.6. The first-order valence-electron chi connectivity index (χ1n) is 8.57. The maximum atomic E-state index is 12.6. The van der Waals surface area contributed by atoms with Gasteiger partial charge in [0.15, 0.2) is 0 Å². The van der Waals surface area contributed by atoms with Crippen molar-refractivity contribution in [2.45, 2.75) is 65.0 Å². The lowest BCUT2D eigenvalue weighted by Gasteiger charge is -2.31. The van der Waals surface area contributed by atoms with Crippen LogP contribution in [0.5, 0.6) is 0 Å². The van der Waals surface area contributed by atoms with E-state index in [0.29, 0.717) is 5.69 Å². The highest BCUT2D eigenvalue weighted by Crippen LogP contribution is 2.24. The van der Waals surface area contributed by atoms with E-state index in [0.717, 1.165) is 43.1 Å². The topological polar surface area (TPSA) is 66.5 Å². The minimum Gasteiger partial charge on any atom is -0.352 e. The lowest BCUT2D eigenvalue weighted by atomic mass is 9.95. The van der Waals surface area contributed by atoms with Gasteiger partial charge in [-0.1, -0.05) is 25.3 Å². The summed E-state index contributed by atoms with van der Waals surface area (Å²) >= 11 is 0. The molecule has 1 N–H and O–H groups in total. The second-order valence-electron chi connectivity index (χ2n) is 6.85. The summed E-state index contributed by atoms with van der Waals surface area (Å²) in [6.07, 6.45) is 6.53. The molecule has 1 atom stereocenters. The Kier molecular flexibility index (Phi) is 5.91. The van der Waals surface area contributed by atoms with Gasteiger partial charge in [0.25, 0.3) is 0 Å². The zero-order valence-corrected chi connectivity index (χ0v) is 15.8. The van der Waals surface area contributed by atoms with E-state index in [9.17, 15) is 13.2 Å². The quantitative estimate of drug-likeness (QED) is 0.886. The second kappa shape index (κ2) is 7.55. The van der Waals surface area contributed by atoms with Crippen molar-refractivity contribution in [3.8, 4) is 0 Å². The number of aryl methyl sites for hydroxylation is 2. The number of hydrogen-bond donors (Lipinski definition) is 1. The third-order valence-corrected chi connectivity index (χ3v) is 6.03. The molecule has 1 amide bonds. The van der Waals surface area contributed by atoms with Crippen LogP contribution in [0.2, 0.25) is 0 Å². The molecule has 134 valence electrons. The molecule has 1 aromatic rings. The van der Waals surface area contributed by atoms with Crippen LogP contribution < -0.4 is 9.62 Å². The molecular formula is C18H28N2O3S. The molecule has 6 heteroatoms. The normalized spacial score (nSPS) is 17.3. The molecule has 0 unspecified atom stereocenters. The minimum atomic E-state index is -3.56. The number of benzene rings is 1. The molecule has 1 aliphatic rings. The molecule has 1 fully saturated rings. The molecule has 24 heavy (non-hydrogen) atoms. The van der Waals surface area contributed by atoms with Crippen LogP contribution in [0.15, 0.2) is 18.2 Å². The van der Waals surface area contributed by atoms with Crippen LogP contribution in [0.25, 0.3) is 0 Å². The van der Waals surface area contributed by atoms with Crippen LogP contribution >= 0.6 is 0 Å². The number of nitrogens with one attached hydrogen (secondary N) is 1. The van der Waals surface area contributed by atoms with E-state index < -0.39 is 16.1 Å². The van der Waals surface area contributed by atoms with Crippen molar-refractivity contribution < 1.29 is 13.2 Å². The van der Waals surface area contributed by atoms with Gasteiger partial charge in [0.05, 0.1) is 11.9 Å². The maximum absolute atomic E-state index is 12.6. The Balaban J connectivity index is 2.23. The molecule has 1 saturated carbocycles. The smallest absolute Gasteiger partial charge is 0.243 e. The van der Waals surface area contributed by atoms with Crippen molar-refractivity contribution in [3.05, 3.63) is 29.3 Å². The molecule has 5 nitrogen and oxygen atoms in total. The number of amides is 1. The van der Waals surface area contributed by atoms with Gasteiger partial charge in [0, 0.05) is 6.04 Å². The largest absolute Gasteiger partial charge is 0.352 e. The number of rotatable bonds is 5. The van der Waals surface area contributed by atoms with Gasteiger partial charge in [0.2, 0.25) is 15.9 Å². The van der Waals surface area contributed by atoms with Crippen molar-refractivity contribution in [1.29, 1.82) is 0 Å². The summed E-state index contributed by atoms with van der Waals surface area (Å²) in [5.74, 6) is -0.231. The summed E-state index contributed by atoms with van der Waals surface area (Å²) in [5, 5.41) is 3.02. The van der Waals surface area contributed by atoms with Crippen molar-refractivity contribution >= 4 is 21.6 Å². The number of carbonyl (C=O) groups excluding carboxylic acids is 1. The van der Waals surface area contributed by atoms with Crippen LogP contribution in [0.3, 0.4) is 0 Å². The molecule has 1 aliphatic carbocycles. The van der Waals surface area contributed by atoms with E-state index in [-0.39, 0.29) is 11.9 Å². The maximum Gasteiger partial charge on any atom is 0.243 e. The molecule has 0 heterocycles. The average Bonchev–Trinajstić information content (AvgIpc) is 2.50. The molecular weight excluding hydrogens is 324 g/mol. The van der Waals surface area contributed by atoms with Crippen molar-refractivity contribution in [3.63, 3.8) is 0 Å². The van der Waals surface area contributed by atoms with Crippen molar-refractivity contribution in [2.24, 2.45) is 0 Å². The Morgan fingerprint density at radius 1 is 1.17 bits per heavy atom. The van der Waals surface area contributed by atoms with Crippen LogP contribution in [-0.2, 0) is 14.8 Å². The van der Waals surface area contributed by atoms with E-state index in [1.165, 1.54) is 10.7 Å². The number of carbonyl (C=O) groups is 1. The highest BCUT2D eigenvalue weighted by Gasteiger charge is 2.30. The lowest BCUT2D eigenvalue weighted by molar-refractivity contribution is -0.122. The Labute approximate surface area is 145 Å². The van der Waals surface area contributed by atoms with E-state index in [4.69, 9.17) is 0 Å². The van der Waals surface area contributed by atoms with Gasteiger partial charge in [-0.15, -0.1) is 0 Å². The molecule has 0 aromatic heterocycles. The Bertz CT molecular complexity index is 694. The minimum absolute atomic E-state index is 0.162. The fraction of sp³-hybridized carbons (Fsp3) is 0.611. The third-order valence-electron chi connectivity index (χ3n) is 4.79. The molecule has 0 saturated heterocycles. The van der Waals surface area contributed by atoms with E-state index >= 15 is 0 Å². The van der Waals surface area contributed by atoms with Crippen molar-refractivity contribution in [2.75, 3.05) is 10.6 Å². The molecule has 0 aliphatic heterocycles. The van der Waals surface area contributed by atoms with Gasteiger partial charge >= 0.3 is 0 Å². The van der Waals surface area contributed by atoms with Gasteiger partial charge in [-0.3, -0.25) is 9.10 Å². The first kappa shape index (κ1) is 18.8. The monoisotopic (exact) mass is 352 g/mol. The van der Waals surface area contributed by atoms with Crippen LogP contribution in [0, 0.1) is 13.8 Å². The predicted molar refractivity (Wildman–Crippen MR) is 97.7 cm³/mol. The SMILES string of the molecule is Cc1ccc(N([C@@H](C)C(=O)NC2CCCCC2)S(C)(=O)=O)cc1C. The number of hydrogen-bond acceptors (Lipinski definition) is 3. The Hall–Kier alpha value is -1.56. The lowest BCUT2D eigenvalue weighted by Crippen LogP contribution is -2.50. The fourth-order valence-electron chi connectivity index (χ4n) is 3.24. The molecule has 0 radical (unpaired) electrons.